The highest BCUT2D eigenvalue weighted by molar-refractivity contribution is 8.14. The molecule has 0 spiro atoms. The molecule has 2 nitrogen and oxygen atoms in total. The highest BCUT2D eigenvalue weighted by Crippen LogP contribution is 2.33. The lowest BCUT2D eigenvalue weighted by molar-refractivity contribution is 0.654. The summed E-state index contributed by atoms with van der Waals surface area (Å²) in [6, 6.07) is 0. The van der Waals surface area contributed by atoms with E-state index in [4.69, 9.17) is 0 Å². The summed E-state index contributed by atoms with van der Waals surface area (Å²) in [4.78, 5) is 4.34. The predicted octanol–water partition coefficient (Wildman–Crippen LogP) is 1.87. The van der Waals surface area contributed by atoms with Crippen molar-refractivity contribution in [3.63, 3.8) is 0 Å². The van der Waals surface area contributed by atoms with E-state index in [2.05, 4.69) is 10.3 Å². The summed E-state index contributed by atoms with van der Waals surface area (Å²) in [5.74, 6) is 2.25. The minimum Gasteiger partial charge on any atom is -0.365 e. The van der Waals surface area contributed by atoms with Gasteiger partial charge in [-0.05, 0) is 18.8 Å². The van der Waals surface area contributed by atoms with Crippen LogP contribution in [-0.4, -0.2) is 24.0 Å². The minimum absolute atomic E-state index is 1.01. The molecule has 68 valence electrons. The zero-order valence-electron chi connectivity index (χ0n) is 7.38. The Morgan fingerprint density at radius 3 is 3.08 bits per heavy atom. The summed E-state index contributed by atoms with van der Waals surface area (Å²) < 4.78 is 0. The molecule has 0 aromatic heterocycles. The molecule has 1 N–H and O–H groups in total. The zero-order chi connectivity index (χ0) is 8.23. The average Bonchev–Trinajstić information content (AvgIpc) is 2.76. The largest absolute Gasteiger partial charge is 0.365 e. The van der Waals surface area contributed by atoms with E-state index in [9.17, 15) is 0 Å². The molecule has 0 atom stereocenters. The topological polar surface area (TPSA) is 24.4 Å². The fourth-order valence-electron chi connectivity index (χ4n) is 1.43. The van der Waals surface area contributed by atoms with Crippen LogP contribution in [-0.2, 0) is 0 Å². The van der Waals surface area contributed by atoms with Crippen molar-refractivity contribution < 1.29 is 0 Å². The Labute approximate surface area is 78.2 Å². The van der Waals surface area contributed by atoms with Crippen LogP contribution >= 0.6 is 11.8 Å². The average molecular weight is 184 g/mol. The van der Waals surface area contributed by atoms with Crippen molar-refractivity contribution in [2.45, 2.75) is 25.7 Å². The lowest BCUT2D eigenvalue weighted by Gasteiger charge is -2.03. The maximum Gasteiger partial charge on any atom is 0.156 e. The second-order valence-corrected chi connectivity index (χ2v) is 4.63. The maximum absolute atomic E-state index is 4.34. The second-order valence-electron chi connectivity index (χ2n) is 3.55. The highest BCUT2D eigenvalue weighted by atomic mass is 32.2. The van der Waals surface area contributed by atoms with Crippen molar-refractivity contribution in [2.24, 2.45) is 10.9 Å². The molecule has 1 saturated carbocycles. The van der Waals surface area contributed by atoms with Crippen molar-refractivity contribution >= 4 is 16.9 Å². The quantitative estimate of drug-likeness (QED) is 0.675. The van der Waals surface area contributed by atoms with Crippen LogP contribution in [0.4, 0.5) is 0 Å². The molecular weight excluding hydrogens is 168 g/mol. The van der Waals surface area contributed by atoms with Gasteiger partial charge in [-0.15, -0.1) is 0 Å². The molecule has 12 heavy (non-hydrogen) atoms. The summed E-state index contributed by atoms with van der Waals surface area (Å²) in [6.45, 7) is 2.14. The van der Waals surface area contributed by atoms with Gasteiger partial charge in [0.25, 0.3) is 0 Å². The molecule has 0 aromatic rings. The van der Waals surface area contributed by atoms with Gasteiger partial charge in [-0.25, -0.2) is 0 Å². The monoisotopic (exact) mass is 184 g/mol. The molecule has 1 fully saturated rings. The van der Waals surface area contributed by atoms with E-state index in [1.54, 1.807) is 0 Å². The molecule has 1 aliphatic carbocycles. The molecule has 1 aliphatic heterocycles. The number of rotatable bonds is 4. The van der Waals surface area contributed by atoms with Gasteiger partial charge in [0.15, 0.2) is 5.17 Å². The first kappa shape index (κ1) is 8.42. The molecule has 0 amide bonds. The summed E-state index contributed by atoms with van der Waals surface area (Å²) in [5, 5.41) is 4.55. The summed E-state index contributed by atoms with van der Waals surface area (Å²) in [6.07, 6.45) is 5.71. The normalized spacial score (nSPS) is 22.5. The molecule has 3 heteroatoms. The van der Waals surface area contributed by atoms with Crippen LogP contribution in [0.3, 0.4) is 0 Å². The van der Waals surface area contributed by atoms with Gasteiger partial charge in [-0.1, -0.05) is 24.6 Å². The molecule has 0 aromatic carbocycles. The third-order valence-electron chi connectivity index (χ3n) is 2.35. The van der Waals surface area contributed by atoms with Crippen molar-refractivity contribution in [2.75, 3.05) is 18.8 Å². The van der Waals surface area contributed by atoms with E-state index in [0.717, 1.165) is 19.0 Å². The van der Waals surface area contributed by atoms with Crippen LogP contribution in [0.1, 0.15) is 25.7 Å². The molecule has 0 bridgehead atoms. The van der Waals surface area contributed by atoms with E-state index in [0.29, 0.717) is 0 Å². The van der Waals surface area contributed by atoms with E-state index in [1.165, 1.54) is 36.6 Å². The van der Waals surface area contributed by atoms with Crippen LogP contribution in [0.2, 0.25) is 0 Å². The van der Waals surface area contributed by atoms with Crippen LogP contribution < -0.4 is 5.32 Å². The van der Waals surface area contributed by atoms with Crippen LogP contribution in [0.15, 0.2) is 4.99 Å². The third kappa shape index (κ3) is 2.70. The van der Waals surface area contributed by atoms with E-state index in [-0.39, 0.29) is 0 Å². The minimum atomic E-state index is 1.01. The van der Waals surface area contributed by atoms with Crippen molar-refractivity contribution in [1.29, 1.82) is 0 Å². The van der Waals surface area contributed by atoms with Gasteiger partial charge in [-0.3, -0.25) is 4.99 Å². The van der Waals surface area contributed by atoms with Gasteiger partial charge in [0.05, 0.1) is 6.54 Å². The smallest absolute Gasteiger partial charge is 0.156 e. The predicted molar refractivity (Wildman–Crippen MR) is 54.7 cm³/mol. The molecule has 2 aliphatic rings. The van der Waals surface area contributed by atoms with Gasteiger partial charge in [0.2, 0.25) is 0 Å². The zero-order valence-corrected chi connectivity index (χ0v) is 8.20. The van der Waals surface area contributed by atoms with E-state index in [1.807, 2.05) is 11.8 Å². The number of hydrogen-bond acceptors (Lipinski definition) is 3. The number of amidine groups is 1. The number of hydrogen-bond donors (Lipinski definition) is 1. The Hall–Kier alpha value is -0.180. The molecule has 0 radical (unpaired) electrons. The Balaban J connectivity index is 1.49. The summed E-state index contributed by atoms with van der Waals surface area (Å²) in [7, 11) is 0. The van der Waals surface area contributed by atoms with Crippen molar-refractivity contribution in [3.8, 4) is 0 Å². The van der Waals surface area contributed by atoms with Crippen molar-refractivity contribution in [1.82, 2.24) is 5.32 Å². The fraction of sp³-hybridized carbons (Fsp3) is 0.889. The SMILES string of the molecule is C(CNC1=NCCS1)CC1CC1. The first-order valence-corrected chi connectivity index (χ1v) is 5.85. The van der Waals surface area contributed by atoms with Crippen LogP contribution in [0, 0.1) is 5.92 Å². The number of aliphatic imine (C=N–C) groups is 1. The Bertz CT molecular complexity index is 175. The maximum atomic E-state index is 4.34. The van der Waals surface area contributed by atoms with E-state index >= 15 is 0 Å². The van der Waals surface area contributed by atoms with Crippen LogP contribution in [0.5, 0.6) is 0 Å². The third-order valence-corrected chi connectivity index (χ3v) is 3.28. The summed E-state index contributed by atoms with van der Waals surface area (Å²) >= 11 is 1.86. The lowest BCUT2D eigenvalue weighted by Crippen LogP contribution is -2.20. The first-order valence-electron chi connectivity index (χ1n) is 4.86. The molecule has 0 saturated heterocycles. The number of nitrogens with zero attached hydrogens (tertiary/aromatic N) is 1. The number of nitrogens with one attached hydrogen (secondary N) is 1. The summed E-state index contributed by atoms with van der Waals surface area (Å²) in [5.41, 5.74) is 0. The Kier molecular flexibility index (Phi) is 2.93. The van der Waals surface area contributed by atoms with Gasteiger partial charge < -0.3 is 5.32 Å². The van der Waals surface area contributed by atoms with E-state index < -0.39 is 0 Å². The molecule has 1 heterocycles. The van der Waals surface area contributed by atoms with Gasteiger partial charge in [0, 0.05) is 12.3 Å². The van der Waals surface area contributed by atoms with Crippen LogP contribution in [0.25, 0.3) is 0 Å². The van der Waals surface area contributed by atoms with Gasteiger partial charge in [-0.2, -0.15) is 0 Å². The Morgan fingerprint density at radius 1 is 1.50 bits per heavy atom. The molecule has 2 rings (SSSR count). The molecular formula is C9H16N2S. The standard InChI is InChI=1S/C9H16N2S/c1(2-8-3-4-8)5-10-9-11-6-7-12-9/h8H,1-7H2,(H,10,11). The second kappa shape index (κ2) is 4.17. The van der Waals surface area contributed by atoms with Crippen molar-refractivity contribution in [3.05, 3.63) is 0 Å². The highest BCUT2D eigenvalue weighted by Gasteiger charge is 2.20. The lowest BCUT2D eigenvalue weighted by atomic mass is 10.2. The van der Waals surface area contributed by atoms with Gasteiger partial charge in [0.1, 0.15) is 0 Å². The molecule has 0 unspecified atom stereocenters. The number of thioether (sulfide) groups is 1. The fourth-order valence-corrected chi connectivity index (χ4v) is 2.20. The van der Waals surface area contributed by atoms with Gasteiger partial charge >= 0.3 is 0 Å². The first-order chi connectivity index (χ1) is 5.95. The Morgan fingerprint density at radius 2 is 2.42 bits per heavy atom.